The molecule has 6 heteroatoms. The van der Waals surface area contributed by atoms with Crippen molar-refractivity contribution in [3.8, 4) is 0 Å². The first-order valence-corrected chi connectivity index (χ1v) is 8.44. The molecule has 0 radical (unpaired) electrons. The smallest absolute Gasteiger partial charge is 0.203 e. The van der Waals surface area contributed by atoms with Crippen LogP contribution in [0, 0.1) is 23.4 Å². The van der Waals surface area contributed by atoms with Gasteiger partial charge in [0, 0.05) is 0 Å². The van der Waals surface area contributed by atoms with Gasteiger partial charge in [-0.2, -0.15) is 13.2 Å². The Balaban J connectivity index is 2.06. The van der Waals surface area contributed by atoms with Gasteiger partial charge in [-0.05, 0) is 60.4 Å². The summed E-state index contributed by atoms with van der Waals surface area (Å²) in [6, 6.07) is 6.39. The predicted octanol–water partition coefficient (Wildman–Crippen LogP) is 6.50. The van der Waals surface area contributed by atoms with Crippen LogP contribution in [0.2, 0.25) is 0 Å². The van der Waals surface area contributed by atoms with Crippen molar-refractivity contribution in [2.24, 2.45) is 5.92 Å². The number of hydrogen-bond donors (Lipinski definition) is 0. The molecule has 0 N–H and O–H groups in total. The molecule has 0 bridgehead atoms. The summed E-state index contributed by atoms with van der Waals surface area (Å²) in [6.07, 6.45) is -3.07. The number of halogens is 6. The van der Waals surface area contributed by atoms with Gasteiger partial charge >= 0.3 is 6.18 Å². The number of benzene rings is 2. The topological polar surface area (TPSA) is 0 Å². The number of aryl methyl sites for hydroxylation is 2. The van der Waals surface area contributed by atoms with Crippen LogP contribution < -0.4 is 0 Å². The first kappa shape index (κ1) is 20.3. The van der Waals surface area contributed by atoms with Crippen LogP contribution in [0.4, 0.5) is 26.3 Å². The average molecular weight is 374 g/mol. The zero-order valence-corrected chi connectivity index (χ0v) is 14.6. The van der Waals surface area contributed by atoms with E-state index in [0.29, 0.717) is 18.4 Å². The van der Waals surface area contributed by atoms with Gasteiger partial charge in [0.15, 0.2) is 17.5 Å². The van der Waals surface area contributed by atoms with Crippen LogP contribution in [0.1, 0.15) is 42.5 Å². The Morgan fingerprint density at radius 3 is 2.19 bits per heavy atom. The highest BCUT2D eigenvalue weighted by Gasteiger charge is 2.30. The second-order valence-corrected chi connectivity index (χ2v) is 6.54. The number of rotatable bonds is 6. The minimum Gasteiger partial charge on any atom is -0.203 e. The lowest BCUT2D eigenvalue weighted by Gasteiger charge is -2.15. The van der Waals surface area contributed by atoms with E-state index in [0.717, 1.165) is 12.1 Å². The minimum atomic E-state index is -4.40. The van der Waals surface area contributed by atoms with E-state index >= 15 is 0 Å². The molecule has 0 aliphatic carbocycles. The van der Waals surface area contributed by atoms with Gasteiger partial charge in [-0.15, -0.1) is 0 Å². The van der Waals surface area contributed by atoms with Gasteiger partial charge in [-0.25, -0.2) is 13.2 Å². The third-order valence-electron chi connectivity index (χ3n) is 4.43. The Bertz CT molecular complexity index is 764. The Morgan fingerprint density at radius 2 is 1.58 bits per heavy atom. The monoisotopic (exact) mass is 374 g/mol. The molecule has 0 fully saturated rings. The van der Waals surface area contributed by atoms with Gasteiger partial charge in [0.2, 0.25) is 0 Å². The van der Waals surface area contributed by atoms with Crippen LogP contribution in [-0.4, -0.2) is 0 Å². The molecule has 2 rings (SSSR count). The van der Waals surface area contributed by atoms with E-state index < -0.39 is 29.2 Å². The van der Waals surface area contributed by atoms with Crippen LogP contribution in [0.5, 0.6) is 0 Å². The quantitative estimate of drug-likeness (QED) is 0.400. The highest BCUT2D eigenvalue weighted by Crippen LogP contribution is 2.30. The van der Waals surface area contributed by atoms with Gasteiger partial charge in [0.25, 0.3) is 0 Å². The molecule has 26 heavy (non-hydrogen) atoms. The summed E-state index contributed by atoms with van der Waals surface area (Å²) >= 11 is 0. The zero-order chi connectivity index (χ0) is 19.5. The first-order chi connectivity index (χ1) is 12.1. The zero-order valence-electron chi connectivity index (χ0n) is 14.6. The molecule has 2 aromatic carbocycles. The van der Waals surface area contributed by atoms with Crippen molar-refractivity contribution in [3.05, 3.63) is 70.0 Å². The SMILES string of the molecule is CCc1cc(CC(C)CCc2cccc(C(F)(F)F)c2)c(F)c(F)c1F. The Kier molecular flexibility index (Phi) is 6.37. The van der Waals surface area contributed by atoms with E-state index in [1.54, 1.807) is 19.9 Å². The number of hydrogen-bond acceptors (Lipinski definition) is 0. The Morgan fingerprint density at radius 1 is 0.923 bits per heavy atom. The maximum Gasteiger partial charge on any atom is 0.416 e. The summed E-state index contributed by atoms with van der Waals surface area (Å²) in [5, 5.41) is 0. The van der Waals surface area contributed by atoms with Crippen LogP contribution in [-0.2, 0) is 25.4 Å². The highest BCUT2D eigenvalue weighted by molar-refractivity contribution is 5.29. The summed E-state index contributed by atoms with van der Waals surface area (Å²) in [6.45, 7) is 3.45. The van der Waals surface area contributed by atoms with Crippen molar-refractivity contribution in [1.29, 1.82) is 0 Å². The largest absolute Gasteiger partial charge is 0.416 e. The lowest BCUT2D eigenvalue weighted by molar-refractivity contribution is -0.137. The van der Waals surface area contributed by atoms with Crippen molar-refractivity contribution >= 4 is 0 Å². The molecule has 0 aliphatic rings. The Hall–Kier alpha value is -1.98. The van der Waals surface area contributed by atoms with Gasteiger partial charge in [0.1, 0.15) is 0 Å². The Labute approximate surface area is 148 Å². The van der Waals surface area contributed by atoms with Gasteiger partial charge < -0.3 is 0 Å². The van der Waals surface area contributed by atoms with E-state index in [1.807, 2.05) is 0 Å². The van der Waals surface area contributed by atoms with E-state index in [9.17, 15) is 26.3 Å². The lowest BCUT2D eigenvalue weighted by atomic mass is 9.92. The van der Waals surface area contributed by atoms with E-state index in [-0.39, 0.29) is 29.9 Å². The molecule has 0 saturated heterocycles. The molecule has 0 spiro atoms. The van der Waals surface area contributed by atoms with Crippen molar-refractivity contribution in [1.82, 2.24) is 0 Å². The molecular weight excluding hydrogens is 354 g/mol. The molecular formula is C20H20F6. The number of alkyl halides is 3. The molecule has 1 unspecified atom stereocenters. The molecule has 0 heterocycles. The molecule has 0 saturated carbocycles. The predicted molar refractivity (Wildman–Crippen MR) is 88.3 cm³/mol. The second kappa shape index (κ2) is 8.14. The average Bonchev–Trinajstić information content (AvgIpc) is 2.60. The third-order valence-corrected chi connectivity index (χ3v) is 4.43. The van der Waals surface area contributed by atoms with Crippen molar-refractivity contribution < 1.29 is 26.3 Å². The van der Waals surface area contributed by atoms with Gasteiger partial charge in [-0.3, -0.25) is 0 Å². The normalized spacial score (nSPS) is 13.1. The van der Waals surface area contributed by atoms with Crippen molar-refractivity contribution in [2.45, 2.75) is 45.7 Å². The van der Waals surface area contributed by atoms with Gasteiger partial charge in [0.05, 0.1) is 5.56 Å². The van der Waals surface area contributed by atoms with Gasteiger partial charge in [-0.1, -0.05) is 32.0 Å². The van der Waals surface area contributed by atoms with Crippen LogP contribution in [0.3, 0.4) is 0 Å². The molecule has 0 nitrogen and oxygen atoms in total. The van der Waals surface area contributed by atoms with E-state index in [2.05, 4.69) is 0 Å². The standard InChI is InChI=1S/C20H20F6/c1-3-14-11-15(18(22)19(23)17(14)21)9-12(2)7-8-13-5-4-6-16(10-13)20(24,25)26/h4-6,10-12H,3,7-9H2,1-2H3. The molecule has 142 valence electrons. The van der Waals surface area contributed by atoms with E-state index in [4.69, 9.17) is 0 Å². The van der Waals surface area contributed by atoms with Crippen molar-refractivity contribution in [2.75, 3.05) is 0 Å². The summed E-state index contributed by atoms with van der Waals surface area (Å²) in [4.78, 5) is 0. The molecule has 0 amide bonds. The fourth-order valence-corrected chi connectivity index (χ4v) is 2.91. The van der Waals surface area contributed by atoms with Crippen LogP contribution in [0.15, 0.2) is 30.3 Å². The first-order valence-electron chi connectivity index (χ1n) is 8.44. The maximum atomic E-state index is 13.9. The van der Waals surface area contributed by atoms with Crippen molar-refractivity contribution in [3.63, 3.8) is 0 Å². The van der Waals surface area contributed by atoms with Crippen LogP contribution in [0.25, 0.3) is 0 Å². The van der Waals surface area contributed by atoms with Crippen LogP contribution >= 0.6 is 0 Å². The minimum absolute atomic E-state index is 0.0947. The maximum absolute atomic E-state index is 13.9. The second-order valence-electron chi connectivity index (χ2n) is 6.54. The molecule has 0 aromatic heterocycles. The summed E-state index contributed by atoms with van der Waals surface area (Å²) < 4.78 is 79.4. The molecule has 0 aliphatic heterocycles. The molecule has 2 aromatic rings. The summed E-state index contributed by atoms with van der Waals surface area (Å²) in [7, 11) is 0. The fourth-order valence-electron chi connectivity index (χ4n) is 2.91. The summed E-state index contributed by atoms with van der Waals surface area (Å²) in [5.74, 6) is -3.92. The highest BCUT2D eigenvalue weighted by atomic mass is 19.4. The fraction of sp³-hybridized carbons (Fsp3) is 0.400. The third kappa shape index (κ3) is 4.80. The molecule has 1 atom stereocenters. The lowest BCUT2D eigenvalue weighted by Crippen LogP contribution is -2.09. The van der Waals surface area contributed by atoms with E-state index in [1.165, 1.54) is 12.1 Å². The summed E-state index contributed by atoms with van der Waals surface area (Å²) in [5.41, 5.74) is 0.0369.